The van der Waals surface area contributed by atoms with Gasteiger partial charge in [0.15, 0.2) is 5.58 Å². The molecule has 1 amide bonds. The zero-order chi connectivity index (χ0) is 16.4. The largest absolute Gasteiger partial charge is 0.444 e. The number of anilines is 1. The summed E-state index contributed by atoms with van der Waals surface area (Å²) in [6, 6.07) is 8.20. The summed E-state index contributed by atoms with van der Waals surface area (Å²) < 4.78 is 11.0. The summed E-state index contributed by atoms with van der Waals surface area (Å²) in [5.41, 5.74) is 1.17. The van der Waals surface area contributed by atoms with Crippen LogP contribution in [0.3, 0.4) is 0 Å². The number of carbonyl (C=O) groups excluding carboxylic acids is 1. The number of oxazole rings is 1. The molecule has 0 radical (unpaired) electrons. The molecule has 2 aromatic rings. The van der Waals surface area contributed by atoms with Gasteiger partial charge in [0.05, 0.1) is 0 Å². The van der Waals surface area contributed by atoms with Gasteiger partial charge < -0.3 is 19.4 Å². The molecule has 1 unspecified atom stereocenters. The molecule has 1 atom stereocenters. The van der Waals surface area contributed by atoms with Crippen LogP contribution >= 0.6 is 0 Å². The Hall–Kier alpha value is -2.24. The van der Waals surface area contributed by atoms with Crippen LogP contribution in [0.4, 0.5) is 10.8 Å². The smallest absolute Gasteiger partial charge is 0.410 e. The van der Waals surface area contributed by atoms with Gasteiger partial charge in [-0.2, -0.15) is 4.98 Å². The number of nitrogens with zero attached hydrogens (tertiary/aromatic N) is 2. The zero-order valence-corrected chi connectivity index (χ0v) is 13.8. The fourth-order valence-electron chi connectivity index (χ4n) is 2.67. The molecule has 1 aliphatic heterocycles. The highest BCUT2D eigenvalue weighted by atomic mass is 16.6. The molecule has 6 nitrogen and oxygen atoms in total. The second-order valence-corrected chi connectivity index (χ2v) is 6.95. The molecule has 1 N–H and O–H groups in total. The normalized spacial score (nSPS) is 18.4. The Morgan fingerprint density at radius 1 is 1.43 bits per heavy atom. The van der Waals surface area contributed by atoms with Gasteiger partial charge in [0.25, 0.3) is 6.01 Å². The number of carbonyl (C=O) groups is 1. The molecule has 124 valence electrons. The van der Waals surface area contributed by atoms with Crippen molar-refractivity contribution >= 4 is 23.2 Å². The van der Waals surface area contributed by atoms with Crippen LogP contribution < -0.4 is 5.32 Å². The van der Waals surface area contributed by atoms with Crippen LogP contribution in [0.25, 0.3) is 11.1 Å². The summed E-state index contributed by atoms with van der Waals surface area (Å²) in [5.74, 6) is 0.373. The van der Waals surface area contributed by atoms with E-state index in [1.54, 1.807) is 4.90 Å². The number of rotatable bonds is 3. The number of hydrogen-bond donors (Lipinski definition) is 1. The lowest BCUT2D eigenvalue weighted by Crippen LogP contribution is -2.35. The van der Waals surface area contributed by atoms with E-state index < -0.39 is 5.60 Å². The third-order valence-electron chi connectivity index (χ3n) is 3.77. The van der Waals surface area contributed by atoms with E-state index in [2.05, 4.69) is 10.3 Å². The average Bonchev–Trinajstić information content (AvgIpc) is 3.09. The Morgan fingerprint density at radius 3 is 2.96 bits per heavy atom. The fraction of sp³-hybridized carbons (Fsp3) is 0.529. The van der Waals surface area contributed by atoms with Crippen LogP contribution in [-0.2, 0) is 4.74 Å². The summed E-state index contributed by atoms with van der Waals surface area (Å²) in [5, 5.41) is 3.23. The molecule has 1 aliphatic rings. The number of ether oxygens (including phenoxy) is 1. The Bertz CT molecular complexity index is 657. The number of aromatic nitrogens is 1. The van der Waals surface area contributed by atoms with Crippen molar-refractivity contribution in [2.75, 3.05) is 25.0 Å². The predicted molar refractivity (Wildman–Crippen MR) is 88.4 cm³/mol. The highest BCUT2D eigenvalue weighted by Gasteiger charge is 2.29. The highest BCUT2D eigenvalue weighted by molar-refractivity contribution is 5.74. The van der Waals surface area contributed by atoms with Crippen LogP contribution in [0.5, 0.6) is 0 Å². The molecule has 0 spiro atoms. The quantitative estimate of drug-likeness (QED) is 0.938. The van der Waals surface area contributed by atoms with Crippen molar-refractivity contribution in [3.63, 3.8) is 0 Å². The molecular formula is C17H23N3O3. The number of benzene rings is 1. The first-order valence-corrected chi connectivity index (χ1v) is 7.98. The van der Waals surface area contributed by atoms with E-state index in [0.717, 1.165) is 30.6 Å². The second-order valence-electron chi connectivity index (χ2n) is 6.95. The fourth-order valence-corrected chi connectivity index (χ4v) is 2.67. The topological polar surface area (TPSA) is 67.6 Å². The van der Waals surface area contributed by atoms with Gasteiger partial charge in [-0.3, -0.25) is 0 Å². The van der Waals surface area contributed by atoms with Gasteiger partial charge in [0.1, 0.15) is 11.1 Å². The molecule has 1 aromatic heterocycles. The molecule has 0 aliphatic carbocycles. The first kappa shape index (κ1) is 15.6. The van der Waals surface area contributed by atoms with Crippen molar-refractivity contribution in [1.29, 1.82) is 0 Å². The maximum Gasteiger partial charge on any atom is 0.410 e. The van der Waals surface area contributed by atoms with E-state index in [9.17, 15) is 4.79 Å². The minimum atomic E-state index is -0.453. The first-order chi connectivity index (χ1) is 10.9. The summed E-state index contributed by atoms with van der Waals surface area (Å²) in [4.78, 5) is 18.2. The van der Waals surface area contributed by atoms with Crippen molar-refractivity contribution in [2.45, 2.75) is 32.8 Å². The number of para-hydroxylation sites is 2. The van der Waals surface area contributed by atoms with Crippen molar-refractivity contribution in [3.05, 3.63) is 24.3 Å². The average molecular weight is 317 g/mol. The van der Waals surface area contributed by atoms with Crippen LogP contribution in [-0.4, -0.2) is 41.2 Å². The van der Waals surface area contributed by atoms with E-state index in [0.29, 0.717) is 18.5 Å². The lowest BCUT2D eigenvalue weighted by atomic mass is 10.1. The lowest BCUT2D eigenvalue weighted by molar-refractivity contribution is 0.0289. The number of hydrogen-bond acceptors (Lipinski definition) is 5. The molecule has 0 saturated carbocycles. The summed E-state index contributed by atoms with van der Waals surface area (Å²) >= 11 is 0. The van der Waals surface area contributed by atoms with Gasteiger partial charge in [-0.1, -0.05) is 12.1 Å². The van der Waals surface area contributed by atoms with Crippen LogP contribution in [0.15, 0.2) is 28.7 Å². The molecule has 6 heteroatoms. The van der Waals surface area contributed by atoms with Crippen LogP contribution in [0.2, 0.25) is 0 Å². The summed E-state index contributed by atoms with van der Waals surface area (Å²) in [6.45, 7) is 7.80. The molecule has 3 rings (SSSR count). The predicted octanol–water partition coefficient (Wildman–Crippen LogP) is 3.50. The van der Waals surface area contributed by atoms with Gasteiger partial charge in [-0.15, -0.1) is 0 Å². The summed E-state index contributed by atoms with van der Waals surface area (Å²) in [7, 11) is 0. The molecule has 23 heavy (non-hydrogen) atoms. The molecule has 1 fully saturated rings. The highest BCUT2D eigenvalue weighted by Crippen LogP contribution is 2.22. The number of nitrogens with one attached hydrogen (secondary N) is 1. The standard InChI is InChI=1S/C17H23N3O3/c1-17(2,3)23-16(21)20-9-8-12(11-20)10-18-15-19-13-6-4-5-7-14(13)22-15/h4-7,12H,8-11H2,1-3H3,(H,18,19). The van der Waals surface area contributed by atoms with Crippen LogP contribution in [0.1, 0.15) is 27.2 Å². The number of likely N-dealkylation sites (tertiary alicyclic amines) is 1. The maximum absolute atomic E-state index is 12.1. The van der Waals surface area contributed by atoms with Gasteiger partial charge in [0.2, 0.25) is 0 Å². The van der Waals surface area contributed by atoms with Crippen molar-refractivity contribution < 1.29 is 13.9 Å². The molecule has 0 bridgehead atoms. The van der Waals surface area contributed by atoms with E-state index in [1.165, 1.54) is 0 Å². The molecule has 1 aromatic carbocycles. The third-order valence-corrected chi connectivity index (χ3v) is 3.77. The number of fused-ring (bicyclic) bond motifs is 1. The second kappa shape index (κ2) is 6.10. The maximum atomic E-state index is 12.1. The van der Waals surface area contributed by atoms with Gasteiger partial charge in [-0.25, -0.2) is 4.79 Å². The Kier molecular flexibility index (Phi) is 4.15. The van der Waals surface area contributed by atoms with Crippen molar-refractivity contribution in [1.82, 2.24) is 9.88 Å². The van der Waals surface area contributed by atoms with E-state index in [4.69, 9.17) is 9.15 Å². The lowest BCUT2D eigenvalue weighted by Gasteiger charge is -2.24. The van der Waals surface area contributed by atoms with Crippen molar-refractivity contribution in [3.8, 4) is 0 Å². The minimum Gasteiger partial charge on any atom is -0.444 e. The first-order valence-electron chi connectivity index (χ1n) is 7.98. The Morgan fingerprint density at radius 2 is 2.22 bits per heavy atom. The molecule has 1 saturated heterocycles. The van der Waals surface area contributed by atoms with E-state index in [1.807, 2.05) is 45.0 Å². The minimum absolute atomic E-state index is 0.234. The molecule has 2 heterocycles. The SMILES string of the molecule is CC(C)(C)OC(=O)N1CCC(CNc2nc3ccccc3o2)C1. The monoisotopic (exact) mass is 317 g/mol. The Balaban J connectivity index is 1.51. The Labute approximate surface area is 135 Å². The van der Waals surface area contributed by atoms with Gasteiger partial charge in [0, 0.05) is 19.6 Å². The third kappa shape index (κ3) is 3.94. The van der Waals surface area contributed by atoms with Gasteiger partial charge in [-0.05, 0) is 45.2 Å². The summed E-state index contributed by atoms with van der Waals surface area (Å²) in [6.07, 6.45) is 0.716. The van der Waals surface area contributed by atoms with Gasteiger partial charge >= 0.3 is 6.09 Å². The van der Waals surface area contributed by atoms with E-state index >= 15 is 0 Å². The van der Waals surface area contributed by atoms with Crippen LogP contribution in [0, 0.1) is 5.92 Å². The van der Waals surface area contributed by atoms with Crippen molar-refractivity contribution in [2.24, 2.45) is 5.92 Å². The van der Waals surface area contributed by atoms with E-state index in [-0.39, 0.29) is 6.09 Å². The number of amides is 1. The zero-order valence-electron chi connectivity index (χ0n) is 13.8. The molecular weight excluding hydrogens is 294 g/mol.